The number of benzene rings is 1. The molecule has 0 atom stereocenters. The number of carbonyl (C=O) groups is 2. The van der Waals surface area contributed by atoms with Crippen LogP contribution in [0, 0.1) is 0 Å². The number of rotatable bonds is 5. The largest absolute Gasteiger partial charge is 0.494 e. The van der Waals surface area contributed by atoms with Gasteiger partial charge in [0.2, 0.25) is 5.88 Å². The molecule has 1 amide bonds. The summed E-state index contributed by atoms with van der Waals surface area (Å²) in [5.41, 5.74) is 0.813. The topological polar surface area (TPSA) is 121 Å². The molecule has 1 aromatic carbocycles. The molecule has 0 saturated carbocycles. The minimum absolute atomic E-state index is 0.0776. The molecular formula is C14H14N2O6. The quantitative estimate of drug-likeness (QED) is 0.617. The van der Waals surface area contributed by atoms with Crippen LogP contribution in [0.3, 0.4) is 0 Å². The highest BCUT2D eigenvalue weighted by Crippen LogP contribution is 2.29. The molecule has 0 radical (unpaired) electrons. The molecule has 1 aromatic heterocycles. The number of esters is 1. The summed E-state index contributed by atoms with van der Waals surface area (Å²) in [6, 6.07) is 10.1. The van der Waals surface area contributed by atoms with Crippen LogP contribution in [0.25, 0.3) is 0 Å². The van der Waals surface area contributed by atoms with Crippen LogP contribution in [0.5, 0.6) is 17.5 Å². The number of aromatic amines is 1. The Bertz CT molecular complexity index is 653. The smallest absolute Gasteiger partial charge is 0.407 e. The van der Waals surface area contributed by atoms with Crippen molar-refractivity contribution in [2.24, 2.45) is 0 Å². The molecule has 0 saturated heterocycles. The number of nitrogens with one attached hydrogen (secondary N) is 2. The van der Waals surface area contributed by atoms with Gasteiger partial charge >= 0.3 is 12.1 Å². The molecule has 0 spiro atoms. The van der Waals surface area contributed by atoms with Crippen LogP contribution < -0.4 is 10.1 Å². The van der Waals surface area contributed by atoms with Gasteiger partial charge in [0.15, 0.2) is 11.6 Å². The van der Waals surface area contributed by atoms with Gasteiger partial charge in [-0.05, 0) is 5.56 Å². The lowest BCUT2D eigenvalue weighted by Gasteiger charge is -2.06. The monoisotopic (exact) mass is 306 g/mol. The molecule has 116 valence electrons. The van der Waals surface area contributed by atoms with Gasteiger partial charge in [-0.15, -0.1) is 0 Å². The Kier molecular flexibility index (Phi) is 4.86. The number of amides is 1. The average molecular weight is 306 g/mol. The minimum Gasteiger partial charge on any atom is -0.494 e. The van der Waals surface area contributed by atoms with Gasteiger partial charge in [-0.1, -0.05) is 30.3 Å². The van der Waals surface area contributed by atoms with Gasteiger partial charge in [0.1, 0.15) is 13.2 Å². The standard InChI is InChI=1S/C14H14N2O6/c17-11-6-10(13(19)16-11)22-12(18)7-15-14(20)21-8-9-4-2-1-3-5-9/h1-6,16-17,19H,7-8H2,(H,15,20). The van der Waals surface area contributed by atoms with E-state index in [1.807, 2.05) is 18.2 Å². The van der Waals surface area contributed by atoms with Gasteiger partial charge in [0.25, 0.3) is 0 Å². The third-order valence-corrected chi connectivity index (χ3v) is 2.56. The average Bonchev–Trinajstić information content (AvgIpc) is 2.82. The first-order valence-corrected chi connectivity index (χ1v) is 6.31. The van der Waals surface area contributed by atoms with Crippen molar-refractivity contribution in [2.45, 2.75) is 6.61 Å². The number of carbonyl (C=O) groups excluding carboxylic acids is 2. The van der Waals surface area contributed by atoms with Gasteiger partial charge in [0.05, 0.1) is 0 Å². The highest BCUT2D eigenvalue weighted by Gasteiger charge is 2.13. The zero-order valence-electron chi connectivity index (χ0n) is 11.4. The van der Waals surface area contributed by atoms with Crippen LogP contribution in [0.1, 0.15) is 5.56 Å². The summed E-state index contributed by atoms with van der Waals surface area (Å²) < 4.78 is 9.63. The Morgan fingerprint density at radius 3 is 2.55 bits per heavy atom. The lowest BCUT2D eigenvalue weighted by molar-refractivity contribution is -0.133. The molecule has 8 heteroatoms. The Hall–Kier alpha value is -3.16. The predicted octanol–water partition coefficient (Wildman–Crippen LogP) is 1.26. The maximum absolute atomic E-state index is 11.5. The van der Waals surface area contributed by atoms with E-state index in [-0.39, 0.29) is 18.2 Å². The van der Waals surface area contributed by atoms with Gasteiger partial charge in [-0.3, -0.25) is 4.98 Å². The van der Waals surface area contributed by atoms with Crippen molar-refractivity contribution in [2.75, 3.05) is 6.54 Å². The second-order valence-corrected chi connectivity index (χ2v) is 4.26. The highest BCUT2D eigenvalue weighted by atomic mass is 16.6. The molecule has 2 rings (SSSR count). The van der Waals surface area contributed by atoms with Gasteiger partial charge in [-0.2, -0.15) is 0 Å². The Balaban J connectivity index is 1.72. The van der Waals surface area contributed by atoms with E-state index >= 15 is 0 Å². The third-order valence-electron chi connectivity index (χ3n) is 2.56. The fraction of sp³-hybridized carbons (Fsp3) is 0.143. The lowest BCUT2D eigenvalue weighted by Crippen LogP contribution is -2.32. The number of hydrogen-bond acceptors (Lipinski definition) is 6. The summed E-state index contributed by atoms with van der Waals surface area (Å²) in [6.45, 7) is -0.368. The number of aromatic hydroxyl groups is 2. The summed E-state index contributed by atoms with van der Waals surface area (Å²) in [4.78, 5) is 25.0. The summed E-state index contributed by atoms with van der Waals surface area (Å²) in [5, 5.41) is 20.5. The van der Waals surface area contributed by atoms with Gasteiger partial charge in [0, 0.05) is 6.07 Å². The number of hydrogen-bond donors (Lipinski definition) is 4. The molecule has 0 aliphatic carbocycles. The molecule has 0 fully saturated rings. The normalized spacial score (nSPS) is 10.0. The van der Waals surface area contributed by atoms with Gasteiger partial charge < -0.3 is 25.0 Å². The molecular weight excluding hydrogens is 292 g/mol. The number of alkyl carbamates (subject to hydrolysis) is 1. The van der Waals surface area contributed by atoms with Crippen molar-refractivity contribution in [1.29, 1.82) is 0 Å². The molecule has 0 bridgehead atoms. The fourth-order valence-electron chi connectivity index (χ4n) is 1.57. The van der Waals surface area contributed by atoms with Crippen molar-refractivity contribution in [3.8, 4) is 17.5 Å². The maximum Gasteiger partial charge on any atom is 0.407 e. The molecule has 4 N–H and O–H groups in total. The van der Waals surface area contributed by atoms with E-state index in [2.05, 4.69) is 10.3 Å². The zero-order chi connectivity index (χ0) is 15.9. The van der Waals surface area contributed by atoms with Crippen molar-refractivity contribution < 1.29 is 29.3 Å². The van der Waals surface area contributed by atoms with E-state index in [4.69, 9.17) is 14.6 Å². The summed E-state index contributed by atoms with van der Waals surface area (Å²) in [7, 11) is 0. The van der Waals surface area contributed by atoms with E-state index in [0.717, 1.165) is 11.6 Å². The summed E-state index contributed by atoms with van der Waals surface area (Å²) in [5.74, 6) is -1.90. The van der Waals surface area contributed by atoms with Crippen molar-refractivity contribution in [3.63, 3.8) is 0 Å². The number of H-pyrrole nitrogens is 1. The lowest BCUT2D eigenvalue weighted by atomic mass is 10.2. The Morgan fingerprint density at radius 2 is 1.91 bits per heavy atom. The first-order chi connectivity index (χ1) is 10.5. The Morgan fingerprint density at radius 1 is 1.18 bits per heavy atom. The van der Waals surface area contributed by atoms with E-state index in [1.54, 1.807) is 12.1 Å². The van der Waals surface area contributed by atoms with Crippen LogP contribution >= 0.6 is 0 Å². The van der Waals surface area contributed by atoms with E-state index in [9.17, 15) is 14.7 Å². The molecule has 22 heavy (non-hydrogen) atoms. The SMILES string of the molecule is O=C(CNC(=O)OCc1ccccc1)Oc1cc(O)[nH]c1O. The van der Waals surface area contributed by atoms with Crippen molar-refractivity contribution in [3.05, 3.63) is 42.0 Å². The van der Waals surface area contributed by atoms with Crippen LogP contribution in [0.15, 0.2) is 36.4 Å². The summed E-state index contributed by atoms with van der Waals surface area (Å²) >= 11 is 0. The van der Waals surface area contributed by atoms with Gasteiger partial charge in [-0.25, -0.2) is 9.59 Å². The Labute approximate surface area is 125 Å². The van der Waals surface area contributed by atoms with Crippen LogP contribution in [0.2, 0.25) is 0 Å². The zero-order valence-corrected chi connectivity index (χ0v) is 11.4. The molecule has 2 aromatic rings. The number of aromatic nitrogens is 1. The fourth-order valence-corrected chi connectivity index (χ4v) is 1.57. The molecule has 0 aliphatic heterocycles. The second-order valence-electron chi connectivity index (χ2n) is 4.26. The first kappa shape index (κ1) is 15.2. The molecule has 0 aliphatic rings. The maximum atomic E-state index is 11.5. The second kappa shape index (κ2) is 7.02. The summed E-state index contributed by atoms with van der Waals surface area (Å²) in [6.07, 6.45) is -0.776. The number of ether oxygens (including phenoxy) is 2. The molecule has 8 nitrogen and oxygen atoms in total. The molecule has 1 heterocycles. The van der Waals surface area contributed by atoms with Crippen molar-refractivity contribution in [1.82, 2.24) is 10.3 Å². The van der Waals surface area contributed by atoms with E-state index < -0.39 is 24.5 Å². The third kappa shape index (κ3) is 4.44. The predicted molar refractivity (Wildman–Crippen MR) is 74.4 cm³/mol. The van der Waals surface area contributed by atoms with Crippen LogP contribution in [0.4, 0.5) is 4.79 Å². The van der Waals surface area contributed by atoms with Crippen LogP contribution in [-0.4, -0.2) is 33.8 Å². The van der Waals surface area contributed by atoms with E-state index in [0.29, 0.717) is 0 Å². The van der Waals surface area contributed by atoms with E-state index in [1.165, 1.54) is 0 Å². The van der Waals surface area contributed by atoms with Crippen LogP contribution in [-0.2, 0) is 16.1 Å². The van der Waals surface area contributed by atoms with Crippen molar-refractivity contribution >= 4 is 12.1 Å². The molecule has 0 unspecified atom stereocenters. The minimum atomic E-state index is -0.828. The highest BCUT2D eigenvalue weighted by molar-refractivity contribution is 5.79. The first-order valence-electron chi connectivity index (χ1n) is 6.31.